The van der Waals surface area contributed by atoms with Crippen LogP contribution in [0.15, 0.2) is 50.4 Å². The number of rotatable bonds is 3. The number of phenols is 1. The number of likely N-dealkylation sites (tertiary alicyclic amines) is 1. The van der Waals surface area contributed by atoms with Crippen LogP contribution in [0.5, 0.6) is 5.75 Å². The van der Waals surface area contributed by atoms with Crippen molar-refractivity contribution in [3.05, 3.63) is 74.0 Å². The second-order valence-electron chi connectivity index (χ2n) is 8.38. The molecular formula is C23H22N2O5. The Morgan fingerprint density at radius 3 is 2.80 bits per heavy atom. The number of hydrogen-bond acceptors (Lipinski definition) is 6. The highest BCUT2D eigenvalue weighted by atomic mass is 16.4. The molecule has 0 aliphatic carbocycles. The van der Waals surface area contributed by atoms with Crippen LogP contribution in [0.4, 0.5) is 0 Å². The fourth-order valence-corrected chi connectivity index (χ4v) is 4.98. The summed E-state index contributed by atoms with van der Waals surface area (Å²) < 4.78 is 7.35. The molecule has 2 aliphatic rings. The minimum atomic E-state index is -0.689. The number of nitrogens with zero attached hydrogens (tertiary/aromatic N) is 2. The summed E-state index contributed by atoms with van der Waals surface area (Å²) in [7, 11) is 0. The monoisotopic (exact) mass is 406 g/mol. The number of aromatic hydroxyl groups is 1. The van der Waals surface area contributed by atoms with Gasteiger partial charge >= 0.3 is 5.63 Å². The third kappa shape index (κ3) is 3.06. The molecule has 7 heteroatoms. The molecule has 0 spiro atoms. The Morgan fingerprint density at radius 2 is 2.00 bits per heavy atom. The number of piperidine rings is 1. The van der Waals surface area contributed by atoms with E-state index in [1.165, 1.54) is 13.0 Å². The molecule has 0 unspecified atom stereocenters. The number of carbonyl (C=O) groups is 1. The van der Waals surface area contributed by atoms with Gasteiger partial charge in [0.1, 0.15) is 16.9 Å². The molecular weight excluding hydrogens is 384 g/mol. The largest absolute Gasteiger partial charge is 0.507 e. The summed E-state index contributed by atoms with van der Waals surface area (Å²) in [6.45, 7) is 4.00. The van der Waals surface area contributed by atoms with Crippen molar-refractivity contribution >= 4 is 16.8 Å². The lowest BCUT2D eigenvalue weighted by Gasteiger charge is -2.42. The highest BCUT2D eigenvalue weighted by molar-refractivity contribution is 5.97. The topological polar surface area (TPSA) is 92.8 Å². The van der Waals surface area contributed by atoms with Crippen molar-refractivity contribution in [1.29, 1.82) is 0 Å². The van der Waals surface area contributed by atoms with Crippen LogP contribution in [-0.2, 0) is 13.1 Å². The average Bonchev–Trinajstić information content (AvgIpc) is 2.70. The van der Waals surface area contributed by atoms with E-state index in [9.17, 15) is 19.5 Å². The molecule has 3 aromatic rings. The van der Waals surface area contributed by atoms with Crippen LogP contribution in [0, 0.1) is 5.92 Å². The highest BCUT2D eigenvalue weighted by Gasteiger charge is 2.35. The van der Waals surface area contributed by atoms with Crippen molar-refractivity contribution in [1.82, 2.24) is 9.47 Å². The predicted octanol–water partition coefficient (Wildman–Crippen LogP) is 2.48. The van der Waals surface area contributed by atoms with Gasteiger partial charge in [0.25, 0.3) is 5.56 Å². The SMILES string of the molecule is CC(=O)c1cc2ccc(O)c(CN3C[C@H]4C[C@@H](C3)c3cccc(=O)n3C4)c2oc1=O. The van der Waals surface area contributed by atoms with E-state index >= 15 is 0 Å². The van der Waals surface area contributed by atoms with Gasteiger partial charge in [-0.1, -0.05) is 6.07 Å². The Balaban J connectivity index is 1.50. The summed E-state index contributed by atoms with van der Waals surface area (Å²) in [5.74, 6) is 0.316. The molecule has 4 heterocycles. The van der Waals surface area contributed by atoms with E-state index in [1.807, 2.05) is 16.7 Å². The first-order valence-corrected chi connectivity index (χ1v) is 10.1. The Kier molecular flexibility index (Phi) is 4.36. The standard InChI is InChI=1S/C23H22N2O5/c1-13(26)17-8-15-5-6-20(27)18(22(15)30-23(17)29)12-24-9-14-7-16(11-24)19-3-2-4-21(28)25(19)10-14/h2-6,8,14,16,27H,7,9-12H2,1H3/t14-,16+/m1/s1. The van der Waals surface area contributed by atoms with Crippen molar-refractivity contribution in [3.63, 3.8) is 0 Å². The lowest BCUT2D eigenvalue weighted by atomic mass is 9.83. The number of hydrogen-bond donors (Lipinski definition) is 1. The lowest BCUT2D eigenvalue weighted by Crippen LogP contribution is -2.46. The van der Waals surface area contributed by atoms with Crippen LogP contribution in [-0.4, -0.2) is 33.4 Å². The minimum absolute atomic E-state index is 0.00805. The fraction of sp³-hybridized carbons (Fsp3) is 0.348. The molecule has 0 radical (unpaired) electrons. The van der Waals surface area contributed by atoms with Crippen LogP contribution in [0.1, 0.15) is 40.9 Å². The highest BCUT2D eigenvalue weighted by Crippen LogP contribution is 2.37. The van der Waals surface area contributed by atoms with Gasteiger partial charge in [0.05, 0.1) is 5.56 Å². The third-order valence-electron chi connectivity index (χ3n) is 6.30. The summed E-state index contributed by atoms with van der Waals surface area (Å²) in [5, 5.41) is 11.1. The maximum atomic E-state index is 12.2. The van der Waals surface area contributed by atoms with Gasteiger partial charge in [-0.2, -0.15) is 0 Å². The Morgan fingerprint density at radius 1 is 1.17 bits per heavy atom. The van der Waals surface area contributed by atoms with Gasteiger partial charge in [-0.3, -0.25) is 14.5 Å². The quantitative estimate of drug-likeness (QED) is 0.531. The fourth-order valence-electron chi connectivity index (χ4n) is 4.98. The molecule has 1 saturated heterocycles. The number of carbonyl (C=O) groups excluding carboxylic acids is 1. The van der Waals surface area contributed by atoms with Crippen LogP contribution in [0.25, 0.3) is 11.0 Å². The number of benzene rings is 1. The molecule has 2 aromatic heterocycles. The molecule has 0 amide bonds. The van der Waals surface area contributed by atoms with Crippen LogP contribution in [0.2, 0.25) is 0 Å². The number of Topliss-reactive ketones (excluding diaryl/α,β-unsaturated/α-hetero) is 1. The van der Waals surface area contributed by atoms with E-state index in [2.05, 4.69) is 4.90 Å². The second kappa shape index (κ2) is 6.95. The number of phenolic OH excluding ortho intramolecular Hbond substituents is 1. The van der Waals surface area contributed by atoms with Gasteiger partial charge in [0, 0.05) is 49.2 Å². The number of aromatic nitrogens is 1. The first-order chi connectivity index (χ1) is 14.4. The molecule has 2 atom stereocenters. The number of fused-ring (bicyclic) bond motifs is 5. The minimum Gasteiger partial charge on any atom is -0.507 e. The molecule has 5 rings (SSSR count). The number of ketones is 1. The van der Waals surface area contributed by atoms with Crippen molar-refractivity contribution in [3.8, 4) is 5.75 Å². The zero-order valence-electron chi connectivity index (χ0n) is 16.6. The maximum absolute atomic E-state index is 12.2. The van der Waals surface area contributed by atoms with E-state index < -0.39 is 5.63 Å². The van der Waals surface area contributed by atoms with E-state index in [1.54, 1.807) is 18.2 Å². The van der Waals surface area contributed by atoms with Crippen molar-refractivity contribution in [2.75, 3.05) is 13.1 Å². The lowest BCUT2D eigenvalue weighted by molar-refractivity contribution is 0.101. The van der Waals surface area contributed by atoms with Crippen molar-refractivity contribution < 1.29 is 14.3 Å². The first-order valence-electron chi connectivity index (χ1n) is 10.1. The van der Waals surface area contributed by atoms with E-state index in [0.717, 1.165) is 25.2 Å². The summed E-state index contributed by atoms with van der Waals surface area (Å²) >= 11 is 0. The molecule has 154 valence electrons. The Labute approximate surface area is 172 Å². The van der Waals surface area contributed by atoms with E-state index in [-0.39, 0.29) is 28.6 Å². The van der Waals surface area contributed by atoms with Gasteiger partial charge < -0.3 is 14.1 Å². The van der Waals surface area contributed by atoms with Gasteiger partial charge in [0.2, 0.25) is 0 Å². The van der Waals surface area contributed by atoms with E-state index in [4.69, 9.17) is 4.42 Å². The summed E-state index contributed by atoms with van der Waals surface area (Å²) in [4.78, 5) is 38.4. The molecule has 1 aromatic carbocycles. The molecule has 0 saturated carbocycles. The van der Waals surface area contributed by atoms with Crippen LogP contribution >= 0.6 is 0 Å². The normalized spacial score (nSPS) is 20.8. The molecule has 1 N–H and O–H groups in total. The van der Waals surface area contributed by atoms with Gasteiger partial charge in [-0.05, 0) is 43.5 Å². The molecule has 1 fully saturated rings. The maximum Gasteiger partial charge on any atom is 0.347 e. The summed E-state index contributed by atoms with van der Waals surface area (Å²) in [6.07, 6.45) is 1.04. The van der Waals surface area contributed by atoms with Gasteiger partial charge in [0.15, 0.2) is 5.78 Å². The molecule has 30 heavy (non-hydrogen) atoms. The third-order valence-corrected chi connectivity index (χ3v) is 6.30. The zero-order valence-corrected chi connectivity index (χ0v) is 16.6. The number of pyridine rings is 1. The first kappa shape index (κ1) is 18.8. The predicted molar refractivity (Wildman–Crippen MR) is 111 cm³/mol. The van der Waals surface area contributed by atoms with Gasteiger partial charge in [-0.25, -0.2) is 4.79 Å². The van der Waals surface area contributed by atoms with Crippen LogP contribution < -0.4 is 11.2 Å². The second-order valence-corrected chi connectivity index (χ2v) is 8.38. The molecule has 2 aliphatic heterocycles. The van der Waals surface area contributed by atoms with Gasteiger partial charge in [-0.15, -0.1) is 0 Å². The summed E-state index contributed by atoms with van der Waals surface area (Å²) in [6, 6.07) is 10.2. The molecule has 7 nitrogen and oxygen atoms in total. The molecule has 2 bridgehead atoms. The smallest absolute Gasteiger partial charge is 0.347 e. The van der Waals surface area contributed by atoms with Crippen molar-refractivity contribution in [2.45, 2.75) is 32.4 Å². The average molecular weight is 406 g/mol. The zero-order chi connectivity index (χ0) is 21.0. The van der Waals surface area contributed by atoms with Crippen LogP contribution in [0.3, 0.4) is 0 Å². The summed E-state index contributed by atoms with van der Waals surface area (Å²) in [5.41, 5.74) is 1.29. The Bertz CT molecular complexity index is 1290. The van der Waals surface area contributed by atoms with E-state index in [0.29, 0.717) is 35.5 Å². The Hall–Kier alpha value is -3.19. The van der Waals surface area contributed by atoms with Crippen molar-refractivity contribution in [2.24, 2.45) is 5.92 Å².